The molecule has 0 saturated heterocycles. The minimum atomic E-state index is -2.17. The molecule has 0 aliphatic rings. The van der Waals surface area contributed by atoms with E-state index in [4.69, 9.17) is 11.2 Å². The van der Waals surface area contributed by atoms with E-state index in [1.54, 1.807) is 0 Å². The van der Waals surface area contributed by atoms with E-state index in [0.717, 1.165) is 12.5 Å². The largest absolute Gasteiger partial charge is 0.449 e. The van der Waals surface area contributed by atoms with E-state index in [2.05, 4.69) is 38.9 Å². The Morgan fingerprint density at radius 3 is 2.30 bits per heavy atom. The third kappa shape index (κ3) is 6.87. The quantitative estimate of drug-likeness (QED) is 0.296. The lowest BCUT2D eigenvalue weighted by atomic mass is 10.2. The van der Waals surface area contributed by atoms with E-state index in [9.17, 15) is 9.59 Å². The van der Waals surface area contributed by atoms with Gasteiger partial charge in [0.15, 0.2) is 0 Å². The first-order chi connectivity index (χ1) is 12.8. The van der Waals surface area contributed by atoms with Gasteiger partial charge in [-0.1, -0.05) is 45.9 Å². The highest BCUT2D eigenvalue weighted by molar-refractivity contribution is 7.07. The SMILES string of the molecule is C#CCCCC(=O)[Si](CCCOC(=O)Nc1ccccc1)(C(C)C)C(C)C. The number of para-hydroxylation sites is 1. The van der Waals surface area contributed by atoms with Crippen LogP contribution in [0.2, 0.25) is 17.1 Å². The molecule has 1 aromatic carbocycles. The summed E-state index contributed by atoms with van der Waals surface area (Å²) in [7, 11) is -2.17. The Bertz CT molecular complexity index is 627. The van der Waals surface area contributed by atoms with Crippen molar-refractivity contribution in [2.45, 2.75) is 70.5 Å². The second-order valence-electron chi connectivity index (χ2n) is 7.56. The number of hydrogen-bond donors (Lipinski definition) is 1. The fourth-order valence-corrected chi connectivity index (χ4v) is 9.24. The van der Waals surface area contributed by atoms with Crippen molar-refractivity contribution in [1.29, 1.82) is 0 Å². The van der Waals surface area contributed by atoms with Gasteiger partial charge in [-0.25, -0.2) is 4.79 Å². The predicted molar refractivity (Wildman–Crippen MR) is 114 cm³/mol. The van der Waals surface area contributed by atoms with Crippen molar-refractivity contribution >= 4 is 25.3 Å². The number of carbonyl (C=O) groups excluding carboxylic acids is 2. The molecule has 0 atom stereocenters. The summed E-state index contributed by atoms with van der Waals surface area (Å²) >= 11 is 0. The molecule has 0 aliphatic carbocycles. The Morgan fingerprint density at radius 2 is 1.74 bits per heavy atom. The third-order valence-corrected chi connectivity index (χ3v) is 11.9. The molecule has 5 heteroatoms. The van der Waals surface area contributed by atoms with Crippen molar-refractivity contribution in [2.24, 2.45) is 0 Å². The maximum atomic E-state index is 13.1. The zero-order valence-electron chi connectivity index (χ0n) is 17.1. The topological polar surface area (TPSA) is 55.4 Å². The zero-order valence-corrected chi connectivity index (χ0v) is 18.1. The monoisotopic (exact) mass is 387 g/mol. The van der Waals surface area contributed by atoms with Crippen molar-refractivity contribution in [3.63, 3.8) is 0 Å². The molecule has 0 bridgehead atoms. The normalized spacial score (nSPS) is 11.3. The van der Waals surface area contributed by atoms with Gasteiger partial charge in [0.05, 0.1) is 6.61 Å². The van der Waals surface area contributed by atoms with Crippen LogP contribution in [-0.2, 0) is 9.53 Å². The van der Waals surface area contributed by atoms with Gasteiger partial charge in [-0.3, -0.25) is 5.32 Å². The van der Waals surface area contributed by atoms with E-state index in [1.165, 1.54) is 0 Å². The predicted octanol–water partition coefficient (Wildman–Crippen LogP) is 5.81. The molecule has 0 heterocycles. The molecule has 0 fully saturated rings. The molecular formula is C22H33NO3Si. The van der Waals surface area contributed by atoms with Gasteiger partial charge in [-0.15, -0.1) is 12.3 Å². The Kier molecular flexibility index (Phi) is 9.88. The number of nitrogens with one attached hydrogen (secondary N) is 1. The van der Waals surface area contributed by atoms with Gasteiger partial charge in [0.25, 0.3) is 0 Å². The van der Waals surface area contributed by atoms with Crippen LogP contribution in [0.3, 0.4) is 0 Å². The van der Waals surface area contributed by atoms with Crippen molar-refractivity contribution in [2.75, 3.05) is 11.9 Å². The number of ether oxygens (including phenoxy) is 1. The van der Waals surface area contributed by atoms with Crippen LogP contribution in [0.4, 0.5) is 10.5 Å². The Morgan fingerprint density at radius 1 is 1.11 bits per heavy atom. The molecule has 0 unspecified atom stereocenters. The molecule has 1 N–H and O–H groups in total. The molecule has 0 aromatic heterocycles. The molecule has 1 rings (SSSR count). The molecule has 1 amide bonds. The van der Waals surface area contributed by atoms with Crippen molar-refractivity contribution < 1.29 is 14.3 Å². The van der Waals surface area contributed by atoms with Crippen LogP contribution in [0.25, 0.3) is 0 Å². The number of hydrogen-bond acceptors (Lipinski definition) is 3. The van der Waals surface area contributed by atoms with E-state index in [1.807, 2.05) is 30.3 Å². The van der Waals surface area contributed by atoms with Crippen LogP contribution in [0, 0.1) is 12.3 Å². The first-order valence-corrected chi connectivity index (χ1v) is 12.2. The summed E-state index contributed by atoms with van der Waals surface area (Å²) in [5.74, 6) is 2.62. The van der Waals surface area contributed by atoms with Crippen molar-refractivity contribution in [1.82, 2.24) is 0 Å². The number of rotatable bonds is 11. The fourth-order valence-electron chi connectivity index (χ4n) is 3.82. The van der Waals surface area contributed by atoms with Gasteiger partial charge in [0, 0.05) is 18.5 Å². The fraction of sp³-hybridized carbons (Fsp3) is 0.545. The highest BCUT2D eigenvalue weighted by Gasteiger charge is 2.45. The average Bonchev–Trinajstić information content (AvgIpc) is 2.62. The minimum absolute atomic E-state index is 0.324. The number of terminal acetylenes is 1. The maximum Gasteiger partial charge on any atom is 0.411 e. The van der Waals surface area contributed by atoms with E-state index in [0.29, 0.717) is 48.0 Å². The zero-order chi connectivity index (χ0) is 20.3. The summed E-state index contributed by atoms with van der Waals surface area (Å²) in [6.07, 6.45) is 7.56. The number of benzene rings is 1. The smallest absolute Gasteiger partial charge is 0.411 e. The molecule has 0 radical (unpaired) electrons. The van der Waals surface area contributed by atoms with Gasteiger partial charge < -0.3 is 9.53 Å². The summed E-state index contributed by atoms with van der Waals surface area (Å²) in [4.78, 5) is 25.0. The van der Waals surface area contributed by atoms with Crippen LogP contribution in [-0.4, -0.2) is 26.2 Å². The Hall–Kier alpha value is -2.06. The summed E-state index contributed by atoms with van der Waals surface area (Å²) in [5.41, 5.74) is 1.42. The first kappa shape index (κ1) is 23.0. The molecule has 1 aromatic rings. The van der Waals surface area contributed by atoms with Crippen LogP contribution >= 0.6 is 0 Å². The van der Waals surface area contributed by atoms with Crippen LogP contribution in [0.1, 0.15) is 53.4 Å². The second kappa shape index (κ2) is 11.6. The third-order valence-electron chi connectivity index (χ3n) is 5.29. The number of amides is 1. The summed E-state index contributed by atoms with van der Waals surface area (Å²) in [6.45, 7) is 8.97. The molecule has 0 spiro atoms. The minimum Gasteiger partial charge on any atom is -0.449 e. The average molecular weight is 388 g/mol. The number of carbonyl (C=O) groups is 2. The van der Waals surface area contributed by atoms with Crippen molar-refractivity contribution in [3.8, 4) is 12.3 Å². The standard InChI is InChI=1S/C22H33NO3Si/c1-6-7-9-15-21(24)27(18(2)3,19(4)5)17-12-16-26-22(25)23-20-13-10-8-11-14-20/h1,8,10-11,13-14,18-19H,7,9,12,15-17H2,2-5H3,(H,23,25). The van der Waals surface area contributed by atoms with Gasteiger partial charge in [0.1, 0.15) is 13.5 Å². The molecule has 0 aliphatic heterocycles. The Balaban J connectivity index is 2.59. The number of anilines is 1. The summed E-state index contributed by atoms with van der Waals surface area (Å²) in [6, 6.07) is 10.1. The van der Waals surface area contributed by atoms with Gasteiger partial charge in [-0.2, -0.15) is 0 Å². The summed E-state index contributed by atoms with van der Waals surface area (Å²) in [5, 5.41) is 3.12. The molecule has 27 heavy (non-hydrogen) atoms. The highest BCUT2D eigenvalue weighted by Crippen LogP contribution is 2.38. The van der Waals surface area contributed by atoms with Crippen molar-refractivity contribution in [3.05, 3.63) is 30.3 Å². The van der Waals surface area contributed by atoms with E-state index < -0.39 is 14.2 Å². The molecule has 4 nitrogen and oxygen atoms in total. The lowest BCUT2D eigenvalue weighted by Crippen LogP contribution is -2.50. The maximum absolute atomic E-state index is 13.1. The van der Waals surface area contributed by atoms with Gasteiger partial charge in [-0.05, 0) is 42.1 Å². The van der Waals surface area contributed by atoms with E-state index >= 15 is 0 Å². The Labute approximate surface area is 165 Å². The lowest BCUT2D eigenvalue weighted by Gasteiger charge is -2.38. The van der Waals surface area contributed by atoms with Crippen LogP contribution in [0.15, 0.2) is 30.3 Å². The molecular weight excluding hydrogens is 354 g/mol. The molecule has 0 saturated carbocycles. The van der Waals surface area contributed by atoms with Gasteiger partial charge in [0.2, 0.25) is 0 Å². The van der Waals surface area contributed by atoms with E-state index in [-0.39, 0.29) is 0 Å². The molecule has 148 valence electrons. The summed E-state index contributed by atoms with van der Waals surface area (Å²) < 4.78 is 5.31. The first-order valence-electron chi connectivity index (χ1n) is 9.80. The van der Waals surface area contributed by atoms with Crippen LogP contribution < -0.4 is 5.32 Å². The highest BCUT2D eigenvalue weighted by atomic mass is 28.3. The van der Waals surface area contributed by atoms with Gasteiger partial charge >= 0.3 is 6.09 Å². The van der Waals surface area contributed by atoms with Crippen LogP contribution in [0.5, 0.6) is 0 Å². The second-order valence-corrected chi connectivity index (χ2v) is 13.0. The lowest BCUT2D eigenvalue weighted by molar-refractivity contribution is -0.113. The number of unbranched alkanes of at least 4 members (excludes halogenated alkanes) is 1.